The third-order valence-corrected chi connectivity index (χ3v) is 4.86. The van der Waals surface area contributed by atoms with Crippen molar-refractivity contribution in [1.29, 1.82) is 0 Å². The lowest BCUT2D eigenvalue weighted by Gasteiger charge is -2.30. The molecule has 3 nitrogen and oxygen atoms in total. The maximum absolute atomic E-state index is 5.52. The first kappa shape index (κ1) is 14.3. The van der Waals surface area contributed by atoms with E-state index in [1.165, 1.54) is 32.5 Å². The van der Waals surface area contributed by atoms with Crippen LogP contribution in [-0.2, 0) is 4.74 Å². The van der Waals surface area contributed by atoms with Crippen LogP contribution in [-0.4, -0.2) is 50.8 Å². The van der Waals surface area contributed by atoms with Crippen molar-refractivity contribution in [3.05, 3.63) is 0 Å². The van der Waals surface area contributed by atoms with Crippen molar-refractivity contribution in [2.45, 2.75) is 39.7 Å². The van der Waals surface area contributed by atoms with Gasteiger partial charge in [-0.25, -0.2) is 0 Å². The quantitative estimate of drug-likeness (QED) is 0.830. The van der Waals surface area contributed by atoms with Crippen molar-refractivity contribution in [3.63, 3.8) is 0 Å². The summed E-state index contributed by atoms with van der Waals surface area (Å²) in [5, 5.41) is 3.50. The van der Waals surface area contributed by atoms with Crippen LogP contribution in [0.3, 0.4) is 0 Å². The number of ether oxygens (including phenoxy) is 1. The molecule has 1 N–H and O–H groups in total. The van der Waals surface area contributed by atoms with Gasteiger partial charge in [-0.2, -0.15) is 0 Å². The lowest BCUT2D eigenvalue weighted by atomic mass is 9.80. The standard InChI is InChI=1S/C15H30N2O/c1-15(2,3)13-5-7-17(9-13)10-14(16-4)12-6-8-18-11-12/h12-14,16H,5-11H2,1-4H3. The van der Waals surface area contributed by atoms with Gasteiger partial charge in [0.25, 0.3) is 0 Å². The maximum atomic E-state index is 5.52. The second-order valence-electron chi connectivity index (χ2n) is 7.13. The zero-order chi connectivity index (χ0) is 13.2. The van der Waals surface area contributed by atoms with E-state index in [0.29, 0.717) is 17.4 Å². The molecule has 18 heavy (non-hydrogen) atoms. The third-order valence-electron chi connectivity index (χ3n) is 4.86. The molecule has 0 amide bonds. The van der Waals surface area contributed by atoms with Gasteiger partial charge in [-0.05, 0) is 37.8 Å². The molecule has 0 aromatic carbocycles. The van der Waals surface area contributed by atoms with Gasteiger partial charge in [-0.1, -0.05) is 20.8 Å². The lowest BCUT2D eigenvalue weighted by molar-refractivity contribution is 0.164. The van der Waals surface area contributed by atoms with Gasteiger partial charge < -0.3 is 15.0 Å². The first-order valence-corrected chi connectivity index (χ1v) is 7.48. The van der Waals surface area contributed by atoms with Gasteiger partial charge in [0.15, 0.2) is 0 Å². The van der Waals surface area contributed by atoms with Crippen LogP contribution in [0.2, 0.25) is 0 Å². The third kappa shape index (κ3) is 3.46. The molecule has 2 fully saturated rings. The van der Waals surface area contributed by atoms with Crippen LogP contribution in [0.25, 0.3) is 0 Å². The molecule has 0 aromatic rings. The summed E-state index contributed by atoms with van der Waals surface area (Å²) in [4.78, 5) is 2.65. The minimum Gasteiger partial charge on any atom is -0.381 e. The van der Waals surface area contributed by atoms with Gasteiger partial charge in [0.2, 0.25) is 0 Å². The maximum Gasteiger partial charge on any atom is 0.0510 e. The second kappa shape index (κ2) is 5.89. The molecule has 2 aliphatic heterocycles. The van der Waals surface area contributed by atoms with Crippen LogP contribution in [0.15, 0.2) is 0 Å². The largest absolute Gasteiger partial charge is 0.381 e. The molecule has 0 saturated carbocycles. The predicted octanol–water partition coefficient (Wildman–Crippen LogP) is 1.98. The minimum atomic E-state index is 0.459. The molecule has 0 spiro atoms. The Labute approximate surface area is 112 Å². The zero-order valence-corrected chi connectivity index (χ0v) is 12.5. The smallest absolute Gasteiger partial charge is 0.0510 e. The van der Waals surface area contributed by atoms with Crippen LogP contribution in [0, 0.1) is 17.3 Å². The highest BCUT2D eigenvalue weighted by molar-refractivity contribution is 4.88. The number of rotatable bonds is 4. The first-order valence-electron chi connectivity index (χ1n) is 7.48. The summed E-state index contributed by atoms with van der Waals surface area (Å²) < 4.78 is 5.52. The van der Waals surface area contributed by atoms with Crippen LogP contribution in [0.4, 0.5) is 0 Å². The summed E-state index contributed by atoms with van der Waals surface area (Å²) >= 11 is 0. The number of hydrogen-bond donors (Lipinski definition) is 1. The van der Waals surface area contributed by atoms with Gasteiger partial charge in [0.1, 0.15) is 0 Å². The molecule has 0 aromatic heterocycles. The van der Waals surface area contributed by atoms with Gasteiger partial charge in [0, 0.05) is 31.7 Å². The predicted molar refractivity (Wildman–Crippen MR) is 75.8 cm³/mol. The van der Waals surface area contributed by atoms with Crippen LogP contribution >= 0.6 is 0 Å². The van der Waals surface area contributed by atoms with Crippen LogP contribution in [0.1, 0.15) is 33.6 Å². The SMILES string of the molecule is CNC(CN1CCC(C(C)(C)C)C1)C1CCOC1. The fraction of sp³-hybridized carbons (Fsp3) is 1.00. The Hall–Kier alpha value is -0.120. The van der Waals surface area contributed by atoms with Gasteiger partial charge in [-0.15, -0.1) is 0 Å². The van der Waals surface area contributed by atoms with E-state index in [0.717, 1.165) is 19.1 Å². The molecule has 3 unspecified atom stereocenters. The van der Waals surface area contributed by atoms with E-state index in [1.54, 1.807) is 0 Å². The Morgan fingerprint density at radius 1 is 1.33 bits per heavy atom. The molecule has 0 aliphatic carbocycles. The molecule has 2 heterocycles. The van der Waals surface area contributed by atoms with Gasteiger partial charge >= 0.3 is 0 Å². The molecular weight excluding hydrogens is 224 g/mol. The molecule has 3 atom stereocenters. The van der Waals surface area contributed by atoms with E-state index in [-0.39, 0.29) is 0 Å². The molecule has 2 saturated heterocycles. The van der Waals surface area contributed by atoms with Crippen molar-refractivity contribution in [2.24, 2.45) is 17.3 Å². The Bertz CT molecular complexity index is 256. The minimum absolute atomic E-state index is 0.459. The van der Waals surface area contributed by atoms with Gasteiger partial charge in [0.05, 0.1) is 6.61 Å². The molecule has 2 rings (SSSR count). The summed E-state index contributed by atoms with van der Waals surface area (Å²) in [5.41, 5.74) is 0.459. The average molecular weight is 254 g/mol. The molecule has 0 bridgehead atoms. The monoisotopic (exact) mass is 254 g/mol. The van der Waals surface area contributed by atoms with E-state index in [4.69, 9.17) is 4.74 Å². The van der Waals surface area contributed by atoms with Crippen molar-refractivity contribution in [1.82, 2.24) is 10.2 Å². The summed E-state index contributed by atoms with van der Waals surface area (Å²) in [6, 6.07) is 0.603. The van der Waals surface area contributed by atoms with Crippen molar-refractivity contribution in [2.75, 3.05) is 39.9 Å². The normalized spacial score (nSPS) is 32.0. The summed E-state index contributed by atoms with van der Waals surface area (Å²) in [6.07, 6.45) is 2.59. The van der Waals surface area contributed by atoms with E-state index in [2.05, 4.69) is 38.0 Å². The molecule has 2 aliphatic rings. The van der Waals surface area contributed by atoms with E-state index in [9.17, 15) is 0 Å². The van der Waals surface area contributed by atoms with Crippen LogP contribution in [0.5, 0.6) is 0 Å². The van der Waals surface area contributed by atoms with Gasteiger partial charge in [-0.3, -0.25) is 0 Å². The second-order valence-corrected chi connectivity index (χ2v) is 7.13. The highest BCUT2D eigenvalue weighted by Gasteiger charge is 2.34. The number of nitrogens with one attached hydrogen (secondary N) is 1. The summed E-state index contributed by atoms with van der Waals surface area (Å²) in [5.74, 6) is 1.57. The number of likely N-dealkylation sites (tertiary alicyclic amines) is 1. The Balaban J connectivity index is 1.82. The average Bonchev–Trinajstić information content (AvgIpc) is 2.95. The molecule has 3 heteroatoms. The number of nitrogens with zero attached hydrogens (tertiary/aromatic N) is 1. The highest BCUT2D eigenvalue weighted by Crippen LogP contribution is 2.33. The summed E-state index contributed by atoms with van der Waals surface area (Å²) in [6.45, 7) is 12.8. The molecule has 0 radical (unpaired) electrons. The van der Waals surface area contributed by atoms with E-state index in [1.807, 2.05) is 0 Å². The van der Waals surface area contributed by atoms with Crippen molar-refractivity contribution >= 4 is 0 Å². The van der Waals surface area contributed by atoms with E-state index < -0.39 is 0 Å². The lowest BCUT2D eigenvalue weighted by Crippen LogP contribution is -2.44. The van der Waals surface area contributed by atoms with Crippen molar-refractivity contribution in [3.8, 4) is 0 Å². The fourth-order valence-corrected chi connectivity index (χ4v) is 3.33. The fourth-order valence-electron chi connectivity index (χ4n) is 3.33. The number of likely N-dealkylation sites (N-methyl/N-ethyl adjacent to an activating group) is 1. The Kier molecular flexibility index (Phi) is 4.68. The topological polar surface area (TPSA) is 24.5 Å². The number of hydrogen-bond acceptors (Lipinski definition) is 3. The highest BCUT2D eigenvalue weighted by atomic mass is 16.5. The first-order chi connectivity index (χ1) is 8.50. The molecule has 106 valence electrons. The van der Waals surface area contributed by atoms with E-state index >= 15 is 0 Å². The Morgan fingerprint density at radius 3 is 2.61 bits per heavy atom. The Morgan fingerprint density at radius 2 is 2.11 bits per heavy atom. The van der Waals surface area contributed by atoms with Crippen LogP contribution < -0.4 is 5.32 Å². The zero-order valence-electron chi connectivity index (χ0n) is 12.5. The van der Waals surface area contributed by atoms with Crippen molar-refractivity contribution < 1.29 is 4.74 Å². The molecular formula is C15H30N2O. The summed E-state index contributed by atoms with van der Waals surface area (Å²) in [7, 11) is 2.10.